The van der Waals surface area contributed by atoms with Gasteiger partial charge in [-0.05, 0) is 108 Å². The maximum Gasteiger partial charge on any atom is 0.0546 e. The number of hydrogen-bond acceptors (Lipinski definition) is 1. The van der Waals surface area contributed by atoms with Gasteiger partial charge in [0.1, 0.15) is 0 Å². The van der Waals surface area contributed by atoms with Crippen molar-refractivity contribution in [2.75, 3.05) is 4.90 Å². The summed E-state index contributed by atoms with van der Waals surface area (Å²) in [6.07, 6.45) is 0. The molecule has 1 heteroatoms. The summed E-state index contributed by atoms with van der Waals surface area (Å²) < 4.78 is 0. The summed E-state index contributed by atoms with van der Waals surface area (Å²) in [6.45, 7) is 0. The molecule has 0 aliphatic heterocycles. The molecule has 0 amide bonds. The lowest BCUT2D eigenvalue weighted by atomic mass is 9.86. The van der Waals surface area contributed by atoms with Crippen molar-refractivity contribution in [1.82, 2.24) is 0 Å². The van der Waals surface area contributed by atoms with Gasteiger partial charge in [0.05, 0.1) is 5.69 Å². The van der Waals surface area contributed by atoms with Crippen LogP contribution in [0.4, 0.5) is 17.1 Å². The zero-order valence-electron chi connectivity index (χ0n) is 31.5. The van der Waals surface area contributed by atoms with E-state index < -0.39 is 0 Å². The quantitative estimate of drug-likeness (QED) is 0.141. The summed E-state index contributed by atoms with van der Waals surface area (Å²) in [5.41, 5.74) is 15.1. The molecule has 0 aliphatic carbocycles. The molecule has 0 spiro atoms. The second-order valence-electron chi connectivity index (χ2n) is 14.5. The molecular weight excluding hydrogens is 687 g/mol. The van der Waals surface area contributed by atoms with Crippen molar-refractivity contribution in [3.63, 3.8) is 0 Å². The third-order valence-corrected chi connectivity index (χ3v) is 11.1. The number of fused-ring (bicyclic) bond motifs is 3. The SMILES string of the molecule is c1ccc(-c2ccc(N(c3ccc(-c4ccccc4)cc3)c3cc(-c4ccccc4)c(-c4cccc5c4ccc4ccccc45)cc3-c3ccccc3)cc2)cc1. The molecule has 0 aromatic heterocycles. The van der Waals surface area contributed by atoms with Crippen LogP contribution in [0.25, 0.3) is 77.2 Å². The predicted molar refractivity (Wildman–Crippen MR) is 243 cm³/mol. The van der Waals surface area contributed by atoms with E-state index in [2.05, 4.69) is 241 Å². The Balaban J connectivity index is 1.24. The topological polar surface area (TPSA) is 3.24 Å². The maximum atomic E-state index is 2.43. The average Bonchev–Trinajstić information content (AvgIpc) is 3.30. The standard InChI is InChI=1S/C56H39N/c1-5-16-40(17-6-1)42-28-33-47(34-29-42)57(48-35-30-43(31-36-48)41-18-7-2-8-19-41)56-39-53(44-20-9-3-10-21-44)55(38-54(56)45-22-11-4-12-23-45)51-27-15-26-50-49-25-14-13-24-46(49)32-37-52(50)51/h1-39H. The molecule has 0 N–H and O–H groups in total. The zero-order valence-corrected chi connectivity index (χ0v) is 31.5. The van der Waals surface area contributed by atoms with Crippen molar-refractivity contribution in [2.45, 2.75) is 0 Å². The lowest BCUT2D eigenvalue weighted by Gasteiger charge is -2.30. The Labute approximate surface area is 334 Å². The minimum absolute atomic E-state index is 1.09. The van der Waals surface area contributed by atoms with Crippen LogP contribution >= 0.6 is 0 Å². The van der Waals surface area contributed by atoms with Crippen molar-refractivity contribution < 1.29 is 0 Å². The van der Waals surface area contributed by atoms with Crippen LogP contribution < -0.4 is 4.90 Å². The van der Waals surface area contributed by atoms with E-state index in [1.807, 2.05) is 0 Å². The fraction of sp³-hybridized carbons (Fsp3) is 0. The first-order valence-electron chi connectivity index (χ1n) is 19.6. The third kappa shape index (κ3) is 6.56. The van der Waals surface area contributed by atoms with E-state index in [4.69, 9.17) is 0 Å². The number of anilines is 3. The van der Waals surface area contributed by atoms with Gasteiger partial charge in [0.2, 0.25) is 0 Å². The molecule has 268 valence electrons. The van der Waals surface area contributed by atoms with Gasteiger partial charge in [-0.3, -0.25) is 0 Å². The first-order valence-corrected chi connectivity index (χ1v) is 19.6. The Kier molecular flexibility index (Phi) is 8.95. The van der Waals surface area contributed by atoms with Crippen LogP contribution in [0.15, 0.2) is 237 Å². The number of rotatable bonds is 8. The number of hydrogen-bond donors (Lipinski definition) is 0. The van der Waals surface area contributed by atoms with Crippen LogP contribution in [-0.2, 0) is 0 Å². The molecule has 10 aromatic rings. The van der Waals surface area contributed by atoms with E-state index in [1.54, 1.807) is 0 Å². The summed E-state index contributed by atoms with van der Waals surface area (Å²) in [4.78, 5) is 2.43. The van der Waals surface area contributed by atoms with Crippen molar-refractivity contribution >= 4 is 38.6 Å². The van der Waals surface area contributed by atoms with Gasteiger partial charge in [-0.1, -0.05) is 200 Å². The fourth-order valence-electron chi connectivity index (χ4n) is 8.27. The second kappa shape index (κ2) is 15.0. The molecule has 10 aromatic carbocycles. The van der Waals surface area contributed by atoms with E-state index in [0.717, 1.165) is 28.2 Å². The number of benzene rings is 10. The van der Waals surface area contributed by atoms with E-state index >= 15 is 0 Å². The molecule has 0 bridgehead atoms. The maximum absolute atomic E-state index is 2.43. The first-order chi connectivity index (χ1) is 28.3. The van der Waals surface area contributed by atoms with Gasteiger partial charge in [-0.25, -0.2) is 0 Å². The monoisotopic (exact) mass is 725 g/mol. The Morgan fingerprint density at radius 1 is 0.228 bits per heavy atom. The molecule has 0 saturated heterocycles. The molecule has 10 rings (SSSR count). The average molecular weight is 726 g/mol. The van der Waals surface area contributed by atoms with Crippen LogP contribution in [0.3, 0.4) is 0 Å². The summed E-state index contributed by atoms with van der Waals surface area (Å²) in [7, 11) is 0. The highest BCUT2D eigenvalue weighted by molar-refractivity contribution is 6.13. The van der Waals surface area contributed by atoms with E-state index in [1.165, 1.54) is 66.1 Å². The van der Waals surface area contributed by atoms with Crippen LogP contribution in [0.5, 0.6) is 0 Å². The minimum Gasteiger partial charge on any atom is -0.310 e. The summed E-state index contributed by atoms with van der Waals surface area (Å²) >= 11 is 0. The largest absolute Gasteiger partial charge is 0.310 e. The van der Waals surface area contributed by atoms with Gasteiger partial charge in [0, 0.05) is 16.9 Å². The second-order valence-corrected chi connectivity index (χ2v) is 14.5. The highest BCUT2D eigenvalue weighted by atomic mass is 15.1. The van der Waals surface area contributed by atoms with E-state index in [9.17, 15) is 0 Å². The minimum atomic E-state index is 1.09. The van der Waals surface area contributed by atoms with Crippen molar-refractivity contribution in [1.29, 1.82) is 0 Å². The number of nitrogens with zero attached hydrogens (tertiary/aromatic N) is 1. The molecule has 0 heterocycles. The summed E-state index contributed by atoms with van der Waals surface area (Å²) in [5, 5.41) is 5.01. The summed E-state index contributed by atoms with van der Waals surface area (Å²) in [5.74, 6) is 0. The smallest absolute Gasteiger partial charge is 0.0546 e. The van der Waals surface area contributed by atoms with Gasteiger partial charge in [-0.15, -0.1) is 0 Å². The third-order valence-electron chi connectivity index (χ3n) is 11.1. The zero-order chi connectivity index (χ0) is 38.0. The van der Waals surface area contributed by atoms with Crippen LogP contribution in [0.2, 0.25) is 0 Å². The van der Waals surface area contributed by atoms with Gasteiger partial charge < -0.3 is 4.90 Å². The fourth-order valence-corrected chi connectivity index (χ4v) is 8.27. The molecular formula is C56H39N. The van der Waals surface area contributed by atoms with Crippen LogP contribution in [0, 0.1) is 0 Å². The van der Waals surface area contributed by atoms with E-state index in [-0.39, 0.29) is 0 Å². The Morgan fingerprint density at radius 3 is 1.25 bits per heavy atom. The molecule has 0 aliphatic rings. The molecule has 57 heavy (non-hydrogen) atoms. The highest BCUT2D eigenvalue weighted by Crippen LogP contribution is 2.48. The Bertz CT molecular complexity index is 2870. The van der Waals surface area contributed by atoms with Crippen molar-refractivity contribution in [3.05, 3.63) is 237 Å². The molecule has 0 radical (unpaired) electrons. The Morgan fingerprint density at radius 2 is 0.684 bits per heavy atom. The van der Waals surface area contributed by atoms with E-state index in [0.29, 0.717) is 0 Å². The lowest BCUT2D eigenvalue weighted by Crippen LogP contribution is -2.12. The molecule has 0 fully saturated rings. The molecule has 0 saturated carbocycles. The van der Waals surface area contributed by atoms with Gasteiger partial charge in [0.15, 0.2) is 0 Å². The normalized spacial score (nSPS) is 11.2. The van der Waals surface area contributed by atoms with Gasteiger partial charge in [0.25, 0.3) is 0 Å². The first kappa shape index (κ1) is 34.0. The molecule has 1 nitrogen and oxygen atoms in total. The summed E-state index contributed by atoms with van der Waals surface area (Å²) in [6, 6.07) is 85.8. The lowest BCUT2D eigenvalue weighted by molar-refractivity contribution is 1.28. The van der Waals surface area contributed by atoms with Crippen LogP contribution in [-0.4, -0.2) is 0 Å². The van der Waals surface area contributed by atoms with Gasteiger partial charge in [-0.2, -0.15) is 0 Å². The molecule has 0 atom stereocenters. The van der Waals surface area contributed by atoms with Crippen LogP contribution in [0.1, 0.15) is 0 Å². The predicted octanol–water partition coefficient (Wildman–Crippen LogP) is 15.8. The Hall–Kier alpha value is -7.48. The van der Waals surface area contributed by atoms with Crippen molar-refractivity contribution in [3.8, 4) is 55.6 Å². The molecule has 0 unspecified atom stereocenters. The van der Waals surface area contributed by atoms with Gasteiger partial charge >= 0.3 is 0 Å². The highest BCUT2D eigenvalue weighted by Gasteiger charge is 2.23. The van der Waals surface area contributed by atoms with Crippen molar-refractivity contribution in [2.24, 2.45) is 0 Å².